The van der Waals surface area contributed by atoms with Crippen LogP contribution in [0.25, 0.3) is 0 Å². The molecule has 0 heterocycles. The molecule has 4 heteroatoms. The Morgan fingerprint density at radius 1 is 1.00 bits per heavy atom. The van der Waals surface area contributed by atoms with Gasteiger partial charge in [0.05, 0.1) is 6.10 Å². The third-order valence-corrected chi connectivity index (χ3v) is 2.81. The molecule has 2 aromatic carbocycles. The Morgan fingerprint density at radius 2 is 1.74 bits per heavy atom. The lowest BCUT2D eigenvalue weighted by molar-refractivity contribution is 0.174. The molecule has 0 fully saturated rings. The van der Waals surface area contributed by atoms with Crippen LogP contribution in [0.4, 0.5) is 8.78 Å². The fourth-order valence-corrected chi connectivity index (χ4v) is 1.80. The van der Waals surface area contributed by atoms with Crippen LogP contribution in [0.5, 0.6) is 0 Å². The summed E-state index contributed by atoms with van der Waals surface area (Å²) in [6.07, 6.45) is -0.714. The minimum atomic E-state index is -0.714. The van der Waals surface area contributed by atoms with Gasteiger partial charge in [-0.25, -0.2) is 8.78 Å². The summed E-state index contributed by atoms with van der Waals surface area (Å²) in [7, 11) is 0. The van der Waals surface area contributed by atoms with E-state index in [9.17, 15) is 13.9 Å². The SMILES string of the molecule is OC(CNCc1cccc(F)c1)c1ccc(F)cc1. The van der Waals surface area contributed by atoms with Crippen molar-refractivity contribution in [2.75, 3.05) is 6.54 Å². The van der Waals surface area contributed by atoms with Gasteiger partial charge in [-0.15, -0.1) is 0 Å². The molecule has 0 aromatic heterocycles. The van der Waals surface area contributed by atoms with Gasteiger partial charge in [0.1, 0.15) is 11.6 Å². The van der Waals surface area contributed by atoms with Crippen LogP contribution in [-0.2, 0) is 6.54 Å². The van der Waals surface area contributed by atoms with Crippen LogP contribution in [0.15, 0.2) is 48.5 Å². The summed E-state index contributed by atoms with van der Waals surface area (Å²) in [6, 6.07) is 12.0. The second-order valence-corrected chi connectivity index (χ2v) is 4.33. The standard InChI is InChI=1S/C15H15F2NO/c16-13-6-4-12(5-7-13)15(19)10-18-9-11-2-1-3-14(17)8-11/h1-8,15,18-19H,9-10H2. The third-order valence-electron chi connectivity index (χ3n) is 2.81. The first-order valence-corrected chi connectivity index (χ1v) is 6.04. The molecule has 0 spiro atoms. The summed E-state index contributed by atoms with van der Waals surface area (Å²) in [6.45, 7) is 0.790. The van der Waals surface area contributed by atoms with Gasteiger partial charge in [-0.2, -0.15) is 0 Å². The van der Waals surface area contributed by atoms with Gasteiger partial charge in [-0.1, -0.05) is 24.3 Å². The van der Waals surface area contributed by atoms with Crippen molar-refractivity contribution in [3.8, 4) is 0 Å². The minimum absolute atomic E-state index is 0.279. The van der Waals surface area contributed by atoms with E-state index in [0.717, 1.165) is 5.56 Å². The van der Waals surface area contributed by atoms with E-state index in [2.05, 4.69) is 5.32 Å². The number of aliphatic hydroxyl groups excluding tert-OH is 1. The Labute approximate surface area is 110 Å². The highest BCUT2D eigenvalue weighted by Gasteiger charge is 2.06. The maximum absolute atomic E-state index is 12.9. The number of halogens is 2. The molecule has 19 heavy (non-hydrogen) atoms. The Kier molecular flexibility index (Phi) is 4.60. The molecule has 0 saturated carbocycles. The van der Waals surface area contributed by atoms with E-state index in [4.69, 9.17) is 0 Å². The fourth-order valence-electron chi connectivity index (χ4n) is 1.80. The first kappa shape index (κ1) is 13.6. The molecule has 0 saturated heterocycles. The molecule has 0 radical (unpaired) electrons. The zero-order valence-electron chi connectivity index (χ0n) is 10.3. The number of hydrogen-bond acceptors (Lipinski definition) is 2. The van der Waals surface area contributed by atoms with Crippen molar-refractivity contribution in [1.29, 1.82) is 0 Å². The highest BCUT2D eigenvalue weighted by atomic mass is 19.1. The number of nitrogens with one attached hydrogen (secondary N) is 1. The summed E-state index contributed by atoms with van der Waals surface area (Å²) >= 11 is 0. The second-order valence-electron chi connectivity index (χ2n) is 4.33. The molecule has 0 bridgehead atoms. The normalized spacial score (nSPS) is 12.4. The maximum Gasteiger partial charge on any atom is 0.123 e. The predicted octanol–water partition coefficient (Wildman–Crippen LogP) is 2.79. The quantitative estimate of drug-likeness (QED) is 0.869. The third kappa shape index (κ3) is 4.12. The zero-order valence-corrected chi connectivity index (χ0v) is 10.3. The average molecular weight is 263 g/mol. The topological polar surface area (TPSA) is 32.3 Å². The van der Waals surface area contributed by atoms with Gasteiger partial charge in [0, 0.05) is 13.1 Å². The van der Waals surface area contributed by atoms with E-state index in [1.165, 1.54) is 24.3 Å². The lowest BCUT2D eigenvalue weighted by atomic mass is 10.1. The van der Waals surface area contributed by atoms with Crippen molar-refractivity contribution in [2.45, 2.75) is 12.6 Å². The van der Waals surface area contributed by atoms with Crippen molar-refractivity contribution in [3.63, 3.8) is 0 Å². The number of benzene rings is 2. The van der Waals surface area contributed by atoms with E-state index in [0.29, 0.717) is 18.7 Å². The minimum Gasteiger partial charge on any atom is -0.387 e. The number of aliphatic hydroxyl groups is 1. The van der Waals surface area contributed by atoms with Crippen molar-refractivity contribution >= 4 is 0 Å². The molecule has 0 aliphatic heterocycles. The van der Waals surface area contributed by atoms with Crippen LogP contribution in [0.3, 0.4) is 0 Å². The molecule has 2 nitrogen and oxygen atoms in total. The molecule has 2 rings (SSSR count). The smallest absolute Gasteiger partial charge is 0.123 e. The molecule has 1 unspecified atom stereocenters. The lowest BCUT2D eigenvalue weighted by Crippen LogP contribution is -2.21. The molecule has 2 N–H and O–H groups in total. The summed E-state index contributed by atoms with van der Waals surface area (Å²) in [5, 5.41) is 12.9. The summed E-state index contributed by atoms with van der Waals surface area (Å²) < 4.78 is 25.7. The fraction of sp³-hybridized carbons (Fsp3) is 0.200. The monoisotopic (exact) mass is 263 g/mol. The molecule has 0 aliphatic carbocycles. The van der Waals surface area contributed by atoms with Crippen molar-refractivity contribution in [1.82, 2.24) is 5.32 Å². The zero-order chi connectivity index (χ0) is 13.7. The Hall–Kier alpha value is -1.78. The van der Waals surface area contributed by atoms with E-state index < -0.39 is 6.10 Å². The molecule has 0 aliphatic rings. The van der Waals surface area contributed by atoms with Crippen LogP contribution < -0.4 is 5.32 Å². The van der Waals surface area contributed by atoms with E-state index in [1.54, 1.807) is 24.3 Å². The van der Waals surface area contributed by atoms with E-state index in [-0.39, 0.29) is 11.6 Å². The molecule has 0 amide bonds. The van der Waals surface area contributed by atoms with Gasteiger partial charge < -0.3 is 10.4 Å². The van der Waals surface area contributed by atoms with Crippen LogP contribution in [0.1, 0.15) is 17.2 Å². The summed E-state index contributed by atoms with van der Waals surface area (Å²) in [4.78, 5) is 0. The van der Waals surface area contributed by atoms with Crippen molar-refractivity contribution in [3.05, 3.63) is 71.3 Å². The van der Waals surface area contributed by atoms with Gasteiger partial charge in [-0.05, 0) is 35.4 Å². The second kappa shape index (κ2) is 6.41. The van der Waals surface area contributed by atoms with Crippen LogP contribution >= 0.6 is 0 Å². The molecular formula is C15H15F2NO. The Bertz CT molecular complexity index is 528. The first-order chi connectivity index (χ1) is 9.15. The van der Waals surface area contributed by atoms with Gasteiger partial charge in [0.25, 0.3) is 0 Å². The van der Waals surface area contributed by atoms with Crippen molar-refractivity contribution < 1.29 is 13.9 Å². The van der Waals surface area contributed by atoms with Crippen LogP contribution in [0, 0.1) is 11.6 Å². The number of rotatable bonds is 5. The molecule has 100 valence electrons. The van der Waals surface area contributed by atoms with Gasteiger partial charge >= 0.3 is 0 Å². The summed E-state index contributed by atoms with van der Waals surface area (Å²) in [5.74, 6) is -0.609. The first-order valence-electron chi connectivity index (χ1n) is 6.04. The molecule has 1 atom stereocenters. The Morgan fingerprint density at radius 3 is 2.42 bits per heavy atom. The Balaban J connectivity index is 1.84. The lowest BCUT2D eigenvalue weighted by Gasteiger charge is -2.12. The van der Waals surface area contributed by atoms with Crippen molar-refractivity contribution in [2.24, 2.45) is 0 Å². The highest BCUT2D eigenvalue weighted by molar-refractivity contribution is 5.19. The van der Waals surface area contributed by atoms with Gasteiger partial charge in [0.2, 0.25) is 0 Å². The van der Waals surface area contributed by atoms with E-state index in [1.807, 2.05) is 0 Å². The van der Waals surface area contributed by atoms with Crippen LogP contribution in [0.2, 0.25) is 0 Å². The molecule has 2 aromatic rings. The summed E-state index contributed by atoms with van der Waals surface area (Å²) in [5.41, 5.74) is 1.46. The largest absolute Gasteiger partial charge is 0.387 e. The van der Waals surface area contributed by atoms with Gasteiger partial charge in [-0.3, -0.25) is 0 Å². The van der Waals surface area contributed by atoms with Crippen LogP contribution in [-0.4, -0.2) is 11.7 Å². The maximum atomic E-state index is 12.9. The van der Waals surface area contributed by atoms with Gasteiger partial charge in [0.15, 0.2) is 0 Å². The number of hydrogen-bond donors (Lipinski definition) is 2. The average Bonchev–Trinajstić information content (AvgIpc) is 2.39. The predicted molar refractivity (Wildman–Crippen MR) is 69.5 cm³/mol. The van der Waals surface area contributed by atoms with E-state index >= 15 is 0 Å². The highest BCUT2D eigenvalue weighted by Crippen LogP contribution is 2.12. The molecular weight excluding hydrogens is 248 g/mol.